The van der Waals surface area contributed by atoms with Gasteiger partial charge < -0.3 is 9.47 Å². The third-order valence-corrected chi connectivity index (χ3v) is 2.74. The minimum atomic E-state index is -0.729. The van der Waals surface area contributed by atoms with Crippen molar-refractivity contribution in [3.8, 4) is 0 Å². The van der Waals surface area contributed by atoms with Crippen LogP contribution in [0.4, 0.5) is 5.69 Å². The fraction of sp³-hybridized carbons (Fsp3) is 0.357. The number of methoxy groups -OCH3 is 1. The second kappa shape index (κ2) is 7.87. The molecule has 0 aliphatic rings. The van der Waals surface area contributed by atoms with Crippen molar-refractivity contribution in [3.63, 3.8) is 0 Å². The zero-order valence-electron chi connectivity index (χ0n) is 12.5. The summed E-state index contributed by atoms with van der Waals surface area (Å²) in [5, 5.41) is 11.1. The zero-order chi connectivity index (χ0) is 16.7. The molecule has 0 aromatic carbocycles. The maximum atomic E-state index is 11.7. The number of nitro groups is 1. The van der Waals surface area contributed by atoms with Crippen molar-refractivity contribution >= 4 is 23.7 Å². The smallest absolute Gasteiger partial charge is 0.339 e. The Morgan fingerprint density at radius 3 is 2.59 bits per heavy atom. The lowest BCUT2D eigenvalue weighted by Crippen LogP contribution is -2.08. The normalized spacial score (nSPS) is 11.0. The summed E-state index contributed by atoms with van der Waals surface area (Å²) in [6, 6.07) is 1.06. The summed E-state index contributed by atoms with van der Waals surface area (Å²) in [5.41, 5.74) is -0.204. The van der Waals surface area contributed by atoms with Gasteiger partial charge in [0.1, 0.15) is 5.69 Å². The number of esters is 2. The Balaban J connectivity index is 3.31. The van der Waals surface area contributed by atoms with Crippen molar-refractivity contribution in [2.45, 2.75) is 20.3 Å². The van der Waals surface area contributed by atoms with E-state index in [2.05, 4.69) is 9.72 Å². The topological polar surface area (TPSA) is 109 Å². The Hall–Kier alpha value is -2.77. The lowest BCUT2D eigenvalue weighted by Gasteiger charge is -2.05. The summed E-state index contributed by atoms with van der Waals surface area (Å²) in [4.78, 5) is 37.4. The standard InChI is InChI=1S/C14H16N2O6/c1-4-9(14(18)22-5-2)6-11-12(16(19)20)7-10(8-15-11)13(17)21-3/h6-8H,4-5H2,1-3H3/b9-6+. The summed E-state index contributed by atoms with van der Waals surface area (Å²) in [6.45, 7) is 3.58. The molecule has 0 saturated carbocycles. The molecule has 0 N–H and O–H groups in total. The molecule has 1 heterocycles. The lowest BCUT2D eigenvalue weighted by molar-refractivity contribution is -0.385. The average molecular weight is 308 g/mol. The molecule has 1 aromatic rings. The molecule has 22 heavy (non-hydrogen) atoms. The predicted molar refractivity (Wildman–Crippen MR) is 77.1 cm³/mol. The van der Waals surface area contributed by atoms with Crippen LogP contribution in [-0.2, 0) is 14.3 Å². The van der Waals surface area contributed by atoms with Crippen molar-refractivity contribution in [1.82, 2.24) is 4.98 Å². The van der Waals surface area contributed by atoms with E-state index in [0.717, 1.165) is 19.4 Å². The van der Waals surface area contributed by atoms with Crippen LogP contribution in [0.25, 0.3) is 6.08 Å². The number of rotatable bonds is 6. The maximum absolute atomic E-state index is 11.7. The minimum Gasteiger partial charge on any atom is -0.465 e. The highest BCUT2D eigenvalue weighted by Gasteiger charge is 2.20. The van der Waals surface area contributed by atoms with E-state index in [1.54, 1.807) is 13.8 Å². The van der Waals surface area contributed by atoms with E-state index >= 15 is 0 Å². The molecule has 0 unspecified atom stereocenters. The van der Waals surface area contributed by atoms with Crippen molar-refractivity contribution in [2.75, 3.05) is 13.7 Å². The van der Waals surface area contributed by atoms with Crippen LogP contribution in [0.1, 0.15) is 36.3 Å². The van der Waals surface area contributed by atoms with E-state index in [4.69, 9.17) is 4.74 Å². The number of carbonyl (C=O) groups is 2. The van der Waals surface area contributed by atoms with Gasteiger partial charge in [-0.25, -0.2) is 14.6 Å². The van der Waals surface area contributed by atoms with Gasteiger partial charge in [-0.3, -0.25) is 10.1 Å². The van der Waals surface area contributed by atoms with Crippen molar-refractivity contribution in [3.05, 3.63) is 39.2 Å². The SMILES string of the molecule is CCOC(=O)/C(=C/c1ncc(C(=O)OC)cc1[N+](=O)[O-])CC. The van der Waals surface area contributed by atoms with Crippen molar-refractivity contribution in [1.29, 1.82) is 0 Å². The summed E-state index contributed by atoms with van der Waals surface area (Å²) in [7, 11) is 1.16. The Morgan fingerprint density at radius 1 is 1.41 bits per heavy atom. The highest BCUT2D eigenvalue weighted by molar-refractivity contribution is 5.94. The number of hydrogen-bond donors (Lipinski definition) is 0. The van der Waals surface area contributed by atoms with E-state index in [1.807, 2.05) is 0 Å². The van der Waals surface area contributed by atoms with Crippen LogP contribution in [0.2, 0.25) is 0 Å². The summed E-state index contributed by atoms with van der Waals surface area (Å²) in [5.74, 6) is -1.29. The molecule has 118 valence electrons. The fourth-order valence-corrected chi connectivity index (χ4v) is 1.64. The first-order chi connectivity index (χ1) is 10.4. The molecule has 0 atom stereocenters. The van der Waals surface area contributed by atoms with Crippen LogP contribution in [0, 0.1) is 10.1 Å². The molecular formula is C14H16N2O6. The van der Waals surface area contributed by atoms with Crippen LogP contribution in [-0.4, -0.2) is 35.6 Å². The first-order valence-electron chi connectivity index (χ1n) is 6.55. The minimum absolute atomic E-state index is 0.0254. The van der Waals surface area contributed by atoms with Gasteiger partial charge in [0.05, 0.1) is 24.2 Å². The molecular weight excluding hydrogens is 292 g/mol. The van der Waals surface area contributed by atoms with Crippen LogP contribution in [0.15, 0.2) is 17.8 Å². The Kier molecular flexibility index (Phi) is 6.18. The molecule has 0 aliphatic heterocycles. The third kappa shape index (κ3) is 4.11. The number of ether oxygens (including phenoxy) is 2. The van der Waals surface area contributed by atoms with E-state index in [0.29, 0.717) is 6.42 Å². The molecule has 0 saturated heterocycles. The summed E-state index contributed by atoms with van der Waals surface area (Å²) >= 11 is 0. The molecule has 0 bridgehead atoms. The molecule has 0 radical (unpaired) electrons. The van der Waals surface area contributed by atoms with Gasteiger partial charge in [-0.05, 0) is 19.4 Å². The highest BCUT2D eigenvalue weighted by Crippen LogP contribution is 2.22. The van der Waals surface area contributed by atoms with E-state index in [-0.39, 0.29) is 23.4 Å². The number of pyridine rings is 1. The van der Waals surface area contributed by atoms with Gasteiger partial charge >= 0.3 is 11.9 Å². The lowest BCUT2D eigenvalue weighted by atomic mass is 10.1. The summed E-state index contributed by atoms with van der Waals surface area (Å²) < 4.78 is 9.36. The Morgan fingerprint density at radius 2 is 2.09 bits per heavy atom. The first-order valence-corrected chi connectivity index (χ1v) is 6.55. The fourth-order valence-electron chi connectivity index (χ4n) is 1.64. The number of hydrogen-bond acceptors (Lipinski definition) is 7. The Labute approximate surface area is 126 Å². The first kappa shape index (κ1) is 17.3. The van der Waals surface area contributed by atoms with Crippen LogP contribution < -0.4 is 0 Å². The maximum Gasteiger partial charge on any atom is 0.339 e. The zero-order valence-corrected chi connectivity index (χ0v) is 12.5. The Bertz CT molecular complexity index is 624. The van der Waals surface area contributed by atoms with E-state index in [9.17, 15) is 19.7 Å². The largest absolute Gasteiger partial charge is 0.465 e. The molecule has 8 heteroatoms. The number of nitrogens with zero attached hydrogens (tertiary/aromatic N) is 2. The molecule has 0 spiro atoms. The van der Waals surface area contributed by atoms with Gasteiger partial charge in [0.2, 0.25) is 0 Å². The van der Waals surface area contributed by atoms with Gasteiger partial charge in [-0.15, -0.1) is 0 Å². The van der Waals surface area contributed by atoms with Crippen LogP contribution >= 0.6 is 0 Å². The highest BCUT2D eigenvalue weighted by atomic mass is 16.6. The third-order valence-electron chi connectivity index (χ3n) is 2.74. The average Bonchev–Trinajstić information content (AvgIpc) is 2.51. The van der Waals surface area contributed by atoms with Gasteiger partial charge in [-0.2, -0.15) is 0 Å². The van der Waals surface area contributed by atoms with Crippen LogP contribution in [0.3, 0.4) is 0 Å². The number of carbonyl (C=O) groups excluding carboxylic acids is 2. The van der Waals surface area contributed by atoms with Crippen LogP contribution in [0.5, 0.6) is 0 Å². The van der Waals surface area contributed by atoms with Gasteiger partial charge in [0, 0.05) is 17.8 Å². The van der Waals surface area contributed by atoms with E-state index < -0.39 is 22.5 Å². The molecule has 1 rings (SSSR count). The van der Waals surface area contributed by atoms with Gasteiger partial charge in [0.15, 0.2) is 0 Å². The van der Waals surface area contributed by atoms with Crippen molar-refractivity contribution < 1.29 is 24.0 Å². The molecule has 0 aliphatic carbocycles. The second-order valence-corrected chi connectivity index (χ2v) is 4.12. The van der Waals surface area contributed by atoms with Gasteiger partial charge in [0.25, 0.3) is 5.69 Å². The molecule has 0 fully saturated rings. The predicted octanol–water partition coefficient (Wildman–Crippen LogP) is 2.13. The van der Waals surface area contributed by atoms with Crippen molar-refractivity contribution in [2.24, 2.45) is 0 Å². The molecule has 0 amide bonds. The number of aromatic nitrogens is 1. The quantitative estimate of drug-likeness (QED) is 0.343. The monoisotopic (exact) mass is 308 g/mol. The molecule has 1 aromatic heterocycles. The van der Waals surface area contributed by atoms with Gasteiger partial charge in [-0.1, -0.05) is 6.92 Å². The summed E-state index contributed by atoms with van der Waals surface area (Å²) in [6.07, 6.45) is 2.77. The molecule has 8 nitrogen and oxygen atoms in total. The van der Waals surface area contributed by atoms with E-state index in [1.165, 1.54) is 6.08 Å². The second-order valence-electron chi connectivity index (χ2n) is 4.12.